The van der Waals surface area contributed by atoms with Gasteiger partial charge in [0.25, 0.3) is 5.91 Å². The van der Waals surface area contributed by atoms with Gasteiger partial charge in [-0.2, -0.15) is 0 Å². The minimum atomic E-state index is -1.12. The van der Waals surface area contributed by atoms with Gasteiger partial charge in [0.1, 0.15) is 17.3 Å². The molecule has 12 heteroatoms. The van der Waals surface area contributed by atoms with Crippen molar-refractivity contribution in [1.82, 2.24) is 35.5 Å². The molecule has 3 aromatic heterocycles. The van der Waals surface area contributed by atoms with E-state index in [9.17, 15) is 19.5 Å². The Morgan fingerprint density at radius 3 is 2.51 bits per heavy atom. The molecule has 0 aliphatic heterocycles. The van der Waals surface area contributed by atoms with Gasteiger partial charge in [0.2, 0.25) is 0 Å². The molecule has 1 aliphatic rings. The minimum absolute atomic E-state index is 0.0217. The lowest BCUT2D eigenvalue weighted by Gasteiger charge is -2.27. The molecule has 0 fully saturated rings. The molecule has 3 N–H and O–H groups in total. The highest BCUT2D eigenvalue weighted by Crippen LogP contribution is 2.27. The third-order valence-electron chi connectivity index (χ3n) is 6.88. The Hall–Kier alpha value is -4.45. The second-order valence-electron chi connectivity index (χ2n) is 11.5. The third kappa shape index (κ3) is 9.53. The number of amides is 2. The van der Waals surface area contributed by atoms with Gasteiger partial charge in [-0.15, -0.1) is 0 Å². The zero-order chi connectivity index (χ0) is 30.8. The summed E-state index contributed by atoms with van der Waals surface area (Å²) in [6.07, 6.45) is 9.44. The first-order valence-electron chi connectivity index (χ1n) is 14.5. The van der Waals surface area contributed by atoms with E-state index >= 15 is 0 Å². The molecule has 0 bridgehead atoms. The van der Waals surface area contributed by atoms with E-state index in [1.807, 2.05) is 12.1 Å². The number of aromatic nitrogens is 4. The molecule has 3 aromatic rings. The van der Waals surface area contributed by atoms with E-state index in [0.717, 1.165) is 25.0 Å². The Balaban J connectivity index is 1.31. The van der Waals surface area contributed by atoms with Crippen molar-refractivity contribution in [1.29, 1.82) is 0 Å². The molecule has 0 aromatic carbocycles. The standard InChI is InChI=1S/C31H39N7O5/c1-31(2,3)43-30(42)38(19-22-11-4-5-14-32-22)20-23-17-36-26(18-35-23)28(39)37-25(29(40)41)13-8-15-33-24-12-6-9-21-10-7-16-34-27(21)24/h4-5,7,10-11,14,16-18,24-25,33H,6,8-9,12-13,15,19-20H2,1-3H3,(H,37,39)(H,40,41)/t24?,25-/m0/s1. The topological polar surface area (TPSA) is 160 Å². The van der Waals surface area contributed by atoms with Gasteiger partial charge in [-0.05, 0) is 83.2 Å². The van der Waals surface area contributed by atoms with E-state index in [-0.39, 0.29) is 31.2 Å². The van der Waals surface area contributed by atoms with Crippen LogP contribution in [-0.4, -0.2) is 66.1 Å². The van der Waals surface area contributed by atoms with Crippen LogP contribution in [0.2, 0.25) is 0 Å². The number of aryl methyl sites for hydroxylation is 1. The summed E-state index contributed by atoms with van der Waals surface area (Å²) in [7, 11) is 0. The SMILES string of the molecule is CC(C)(C)OC(=O)N(Cc1ccccn1)Cc1cnc(C(=O)N[C@@H](CCCNC2CCCc3cccnc32)C(=O)O)cn1. The van der Waals surface area contributed by atoms with Crippen LogP contribution in [0.3, 0.4) is 0 Å². The number of fused-ring (bicyclic) bond motifs is 1. The average Bonchev–Trinajstić information content (AvgIpc) is 2.98. The molecule has 0 saturated carbocycles. The van der Waals surface area contributed by atoms with E-state index < -0.39 is 29.6 Å². The van der Waals surface area contributed by atoms with Crippen LogP contribution in [0.4, 0.5) is 4.79 Å². The molecule has 4 rings (SSSR count). The van der Waals surface area contributed by atoms with Gasteiger partial charge >= 0.3 is 12.1 Å². The highest BCUT2D eigenvalue weighted by molar-refractivity contribution is 5.94. The number of nitrogens with zero attached hydrogens (tertiary/aromatic N) is 5. The number of hydrogen-bond donors (Lipinski definition) is 3. The molecular weight excluding hydrogens is 550 g/mol. The second kappa shape index (κ2) is 14.6. The van der Waals surface area contributed by atoms with Crippen molar-refractivity contribution in [3.8, 4) is 0 Å². The monoisotopic (exact) mass is 589 g/mol. The van der Waals surface area contributed by atoms with Crippen molar-refractivity contribution in [3.63, 3.8) is 0 Å². The molecule has 1 unspecified atom stereocenters. The van der Waals surface area contributed by atoms with E-state index in [1.165, 1.54) is 22.9 Å². The van der Waals surface area contributed by atoms with Crippen LogP contribution in [0, 0.1) is 0 Å². The molecule has 43 heavy (non-hydrogen) atoms. The Labute approximate surface area is 251 Å². The van der Waals surface area contributed by atoms with Gasteiger partial charge < -0.3 is 20.5 Å². The first kappa shape index (κ1) is 31.5. The predicted molar refractivity (Wildman–Crippen MR) is 158 cm³/mol. The van der Waals surface area contributed by atoms with Crippen molar-refractivity contribution in [2.45, 2.75) is 83.6 Å². The number of aliphatic carboxylic acids is 1. The lowest BCUT2D eigenvalue weighted by atomic mass is 9.92. The van der Waals surface area contributed by atoms with Gasteiger partial charge in [0.05, 0.1) is 42.6 Å². The van der Waals surface area contributed by atoms with Crippen LogP contribution in [0.15, 0.2) is 55.1 Å². The first-order valence-corrected chi connectivity index (χ1v) is 14.5. The molecular formula is C31H39N7O5. The quantitative estimate of drug-likeness (QED) is 0.265. The molecule has 2 amide bonds. The highest BCUT2D eigenvalue weighted by Gasteiger charge is 2.25. The number of carboxylic acid groups (broad SMARTS) is 1. The van der Waals surface area contributed by atoms with Crippen molar-refractivity contribution in [2.24, 2.45) is 0 Å². The highest BCUT2D eigenvalue weighted by atomic mass is 16.6. The molecule has 0 saturated heterocycles. The predicted octanol–water partition coefficient (Wildman–Crippen LogP) is 3.83. The average molecular weight is 590 g/mol. The number of ether oxygens (including phenoxy) is 1. The Morgan fingerprint density at radius 2 is 1.81 bits per heavy atom. The number of rotatable bonds is 12. The number of nitrogens with one attached hydrogen (secondary N) is 2. The molecule has 3 heterocycles. The second-order valence-corrected chi connectivity index (χ2v) is 11.5. The summed E-state index contributed by atoms with van der Waals surface area (Å²) in [5, 5.41) is 15.7. The van der Waals surface area contributed by atoms with Crippen molar-refractivity contribution >= 4 is 18.0 Å². The summed E-state index contributed by atoms with van der Waals surface area (Å²) in [4.78, 5) is 56.3. The van der Waals surface area contributed by atoms with Crippen LogP contribution in [0.5, 0.6) is 0 Å². The van der Waals surface area contributed by atoms with Gasteiger partial charge in [0.15, 0.2) is 0 Å². The van der Waals surface area contributed by atoms with Gasteiger partial charge in [0, 0.05) is 18.4 Å². The van der Waals surface area contributed by atoms with Crippen LogP contribution < -0.4 is 10.6 Å². The van der Waals surface area contributed by atoms with E-state index in [0.29, 0.717) is 24.4 Å². The number of hydrogen-bond acceptors (Lipinski definition) is 9. The normalized spacial score (nSPS) is 15.2. The molecule has 1 aliphatic carbocycles. The molecule has 12 nitrogen and oxygen atoms in total. The molecule has 0 radical (unpaired) electrons. The van der Waals surface area contributed by atoms with Crippen molar-refractivity contribution in [3.05, 3.63) is 83.5 Å². The Kier molecular flexibility index (Phi) is 10.7. The fraction of sp³-hybridized carbons (Fsp3) is 0.452. The van der Waals surface area contributed by atoms with Gasteiger partial charge in [-0.25, -0.2) is 14.6 Å². The van der Waals surface area contributed by atoms with E-state index in [4.69, 9.17) is 4.74 Å². The van der Waals surface area contributed by atoms with Crippen LogP contribution in [-0.2, 0) is 29.0 Å². The minimum Gasteiger partial charge on any atom is -0.480 e. The molecule has 228 valence electrons. The zero-order valence-corrected chi connectivity index (χ0v) is 24.8. The Morgan fingerprint density at radius 1 is 1.02 bits per heavy atom. The number of carboxylic acids is 1. The first-order chi connectivity index (χ1) is 20.6. The Bertz CT molecular complexity index is 1380. The number of carbonyl (C=O) groups excluding carboxylic acids is 2. The summed E-state index contributed by atoms with van der Waals surface area (Å²) in [5.74, 6) is -1.76. The maximum absolute atomic E-state index is 12.9. The van der Waals surface area contributed by atoms with Crippen LogP contribution >= 0.6 is 0 Å². The fourth-order valence-corrected chi connectivity index (χ4v) is 4.83. The summed E-state index contributed by atoms with van der Waals surface area (Å²) in [5.41, 5.74) is 2.70. The van der Waals surface area contributed by atoms with E-state index in [1.54, 1.807) is 45.3 Å². The van der Waals surface area contributed by atoms with Crippen LogP contribution in [0.1, 0.15) is 85.6 Å². The molecule has 2 atom stereocenters. The van der Waals surface area contributed by atoms with Gasteiger partial charge in [-0.1, -0.05) is 12.1 Å². The lowest BCUT2D eigenvalue weighted by Crippen LogP contribution is -2.41. The van der Waals surface area contributed by atoms with E-state index in [2.05, 4.69) is 36.6 Å². The van der Waals surface area contributed by atoms with Crippen LogP contribution in [0.25, 0.3) is 0 Å². The molecule has 0 spiro atoms. The van der Waals surface area contributed by atoms with Crippen molar-refractivity contribution < 1.29 is 24.2 Å². The summed E-state index contributed by atoms with van der Waals surface area (Å²) in [6.45, 7) is 6.22. The number of carbonyl (C=O) groups is 3. The lowest BCUT2D eigenvalue weighted by molar-refractivity contribution is -0.139. The van der Waals surface area contributed by atoms with Gasteiger partial charge in [-0.3, -0.25) is 24.6 Å². The maximum Gasteiger partial charge on any atom is 0.410 e. The number of pyridine rings is 2. The largest absolute Gasteiger partial charge is 0.480 e. The van der Waals surface area contributed by atoms with Crippen molar-refractivity contribution in [2.75, 3.05) is 6.54 Å². The third-order valence-corrected chi connectivity index (χ3v) is 6.88. The summed E-state index contributed by atoms with van der Waals surface area (Å²) >= 11 is 0. The summed E-state index contributed by atoms with van der Waals surface area (Å²) < 4.78 is 5.55. The maximum atomic E-state index is 12.9. The smallest absolute Gasteiger partial charge is 0.410 e. The fourth-order valence-electron chi connectivity index (χ4n) is 4.83. The zero-order valence-electron chi connectivity index (χ0n) is 24.8. The summed E-state index contributed by atoms with van der Waals surface area (Å²) in [6, 6.07) is 8.54.